The fraction of sp³-hybridized carbons (Fsp3) is 0.947. The summed E-state index contributed by atoms with van der Waals surface area (Å²) < 4.78 is 5.36. The highest BCUT2D eigenvalue weighted by Crippen LogP contribution is 2.12. The van der Waals surface area contributed by atoms with Crippen LogP contribution in [0.3, 0.4) is 0 Å². The summed E-state index contributed by atoms with van der Waals surface area (Å²) in [6, 6.07) is 0. The van der Waals surface area contributed by atoms with Crippen LogP contribution in [0.15, 0.2) is 0 Å². The van der Waals surface area contributed by atoms with E-state index in [1.165, 1.54) is 89.9 Å². The van der Waals surface area contributed by atoms with Gasteiger partial charge in [0.15, 0.2) is 0 Å². The number of ether oxygens (including phenoxy) is 1. The Labute approximate surface area is 128 Å². The highest BCUT2D eigenvalue weighted by Gasteiger charge is 1.94. The van der Waals surface area contributed by atoms with Gasteiger partial charge >= 0.3 is 0 Å². The van der Waals surface area contributed by atoms with Crippen molar-refractivity contribution >= 4 is 0 Å². The summed E-state index contributed by atoms with van der Waals surface area (Å²) >= 11 is 0. The lowest BCUT2D eigenvalue weighted by atomic mass is 10.0. The predicted molar refractivity (Wildman–Crippen MR) is 90.9 cm³/mol. The Morgan fingerprint density at radius 2 is 0.950 bits per heavy atom. The van der Waals surface area contributed by atoms with Crippen LogP contribution < -0.4 is 0 Å². The summed E-state index contributed by atoms with van der Waals surface area (Å²) in [5, 5.41) is 0. The quantitative estimate of drug-likeness (QED) is 0.260. The van der Waals surface area contributed by atoms with Gasteiger partial charge in [0.1, 0.15) is 0 Å². The molecule has 0 saturated carbocycles. The van der Waals surface area contributed by atoms with Gasteiger partial charge in [0, 0.05) is 6.61 Å². The monoisotopic (exact) mass is 283 g/mol. The third-order valence-corrected chi connectivity index (χ3v) is 3.90. The summed E-state index contributed by atoms with van der Waals surface area (Å²) in [5.74, 6) is 0. The van der Waals surface area contributed by atoms with Gasteiger partial charge in [0.25, 0.3) is 0 Å². The van der Waals surface area contributed by atoms with Crippen LogP contribution >= 0.6 is 0 Å². The molecule has 0 aromatic rings. The SMILES string of the molecule is CC[CH]OCCCCCCCCCCCCCCCC. The molecule has 0 aromatic heterocycles. The zero-order valence-corrected chi connectivity index (χ0v) is 14.3. The van der Waals surface area contributed by atoms with Crippen molar-refractivity contribution in [2.45, 2.75) is 110 Å². The predicted octanol–water partition coefficient (Wildman–Crippen LogP) is 7.06. The fourth-order valence-corrected chi connectivity index (χ4v) is 2.58. The number of hydrogen-bond donors (Lipinski definition) is 0. The maximum Gasteiger partial charge on any atom is 0.0833 e. The van der Waals surface area contributed by atoms with Gasteiger partial charge in [-0.1, -0.05) is 97.3 Å². The maximum atomic E-state index is 5.36. The summed E-state index contributed by atoms with van der Waals surface area (Å²) in [7, 11) is 0. The van der Waals surface area contributed by atoms with Gasteiger partial charge < -0.3 is 4.74 Å². The minimum absolute atomic E-state index is 0.922. The Bertz CT molecular complexity index is 138. The van der Waals surface area contributed by atoms with Crippen molar-refractivity contribution in [2.75, 3.05) is 6.61 Å². The van der Waals surface area contributed by atoms with Crippen LogP contribution in [0.5, 0.6) is 0 Å². The zero-order valence-electron chi connectivity index (χ0n) is 14.3. The molecule has 1 radical (unpaired) electrons. The second kappa shape index (κ2) is 19.0. The van der Waals surface area contributed by atoms with E-state index in [9.17, 15) is 0 Å². The highest BCUT2D eigenvalue weighted by atomic mass is 16.5. The molecule has 0 rings (SSSR count). The lowest BCUT2D eigenvalue weighted by molar-refractivity contribution is 0.188. The van der Waals surface area contributed by atoms with Crippen molar-refractivity contribution in [3.05, 3.63) is 6.61 Å². The van der Waals surface area contributed by atoms with Gasteiger partial charge in [0.05, 0.1) is 6.61 Å². The van der Waals surface area contributed by atoms with E-state index in [0.717, 1.165) is 13.0 Å². The lowest BCUT2D eigenvalue weighted by Gasteiger charge is -2.03. The smallest absolute Gasteiger partial charge is 0.0833 e. The Hall–Kier alpha value is -0.0400. The van der Waals surface area contributed by atoms with Crippen LogP contribution in [0.4, 0.5) is 0 Å². The van der Waals surface area contributed by atoms with Crippen LogP contribution in [0.25, 0.3) is 0 Å². The Morgan fingerprint density at radius 1 is 0.550 bits per heavy atom. The number of rotatable bonds is 17. The molecule has 0 spiro atoms. The molecule has 0 heterocycles. The van der Waals surface area contributed by atoms with Crippen molar-refractivity contribution in [1.82, 2.24) is 0 Å². The van der Waals surface area contributed by atoms with E-state index >= 15 is 0 Å². The first-order valence-electron chi connectivity index (χ1n) is 9.35. The molecule has 0 aliphatic rings. The molecule has 0 aliphatic heterocycles. The first-order valence-corrected chi connectivity index (χ1v) is 9.35. The first kappa shape index (κ1) is 20.0. The van der Waals surface area contributed by atoms with Gasteiger partial charge in [0.2, 0.25) is 0 Å². The van der Waals surface area contributed by atoms with Crippen LogP contribution in [0.2, 0.25) is 0 Å². The van der Waals surface area contributed by atoms with Crippen molar-refractivity contribution in [2.24, 2.45) is 0 Å². The lowest BCUT2D eigenvalue weighted by Crippen LogP contribution is -1.91. The molecule has 0 unspecified atom stereocenters. The van der Waals surface area contributed by atoms with E-state index in [0.29, 0.717) is 0 Å². The summed E-state index contributed by atoms with van der Waals surface area (Å²) in [4.78, 5) is 0. The highest BCUT2D eigenvalue weighted by molar-refractivity contribution is 4.50. The molecular formula is C19H39O. The molecule has 0 atom stereocenters. The minimum atomic E-state index is 0.922. The zero-order chi connectivity index (χ0) is 14.7. The normalized spacial score (nSPS) is 11.1. The van der Waals surface area contributed by atoms with Gasteiger partial charge in [-0.2, -0.15) is 0 Å². The number of unbranched alkanes of at least 4 members (excludes halogenated alkanes) is 13. The molecule has 121 valence electrons. The standard InChI is InChI=1S/C19H39O/c1-3-5-6-7-8-9-10-11-12-13-14-15-16-17-19-20-18-4-2/h18H,3-17,19H2,1-2H3. The second-order valence-corrected chi connectivity index (χ2v) is 6.04. The fourth-order valence-electron chi connectivity index (χ4n) is 2.58. The van der Waals surface area contributed by atoms with E-state index in [1.54, 1.807) is 0 Å². The van der Waals surface area contributed by atoms with Gasteiger partial charge in [-0.05, 0) is 12.8 Å². The third kappa shape index (κ3) is 18.0. The average molecular weight is 284 g/mol. The van der Waals surface area contributed by atoms with E-state index in [2.05, 4.69) is 13.8 Å². The van der Waals surface area contributed by atoms with Crippen LogP contribution in [-0.2, 0) is 4.74 Å². The molecule has 1 heteroatoms. The van der Waals surface area contributed by atoms with E-state index in [4.69, 9.17) is 4.74 Å². The van der Waals surface area contributed by atoms with Crippen LogP contribution in [0.1, 0.15) is 110 Å². The summed E-state index contributed by atoms with van der Waals surface area (Å²) in [6.07, 6.45) is 20.9. The second-order valence-electron chi connectivity index (χ2n) is 6.04. The van der Waals surface area contributed by atoms with E-state index in [1.807, 2.05) is 6.61 Å². The van der Waals surface area contributed by atoms with Crippen molar-refractivity contribution in [1.29, 1.82) is 0 Å². The third-order valence-electron chi connectivity index (χ3n) is 3.90. The Balaban J connectivity index is 2.89. The molecular weight excluding hydrogens is 244 g/mol. The molecule has 0 aliphatic carbocycles. The van der Waals surface area contributed by atoms with Gasteiger partial charge in [-0.25, -0.2) is 0 Å². The molecule has 1 nitrogen and oxygen atoms in total. The average Bonchev–Trinajstić information content (AvgIpc) is 2.47. The largest absolute Gasteiger partial charge is 0.376 e. The Kier molecular flexibility index (Phi) is 18.9. The molecule has 0 bridgehead atoms. The van der Waals surface area contributed by atoms with Crippen LogP contribution in [0, 0.1) is 6.61 Å². The molecule has 0 N–H and O–H groups in total. The van der Waals surface area contributed by atoms with Gasteiger partial charge in [-0.3, -0.25) is 0 Å². The summed E-state index contributed by atoms with van der Waals surface area (Å²) in [6.45, 7) is 7.25. The molecule has 0 aromatic carbocycles. The number of hydrogen-bond acceptors (Lipinski definition) is 1. The van der Waals surface area contributed by atoms with Gasteiger partial charge in [-0.15, -0.1) is 0 Å². The van der Waals surface area contributed by atoms with E-state index in [-0.39, 0.29) is 0 Å². The maximum absolute atomic E-state index is 5.36. The molecule has 0 saturated heterocycles. The van der Waals surface area contributed by atoms with Crippen molar-refractivity contribution < 1.29 is 4.74 Å². The topological polar surface area (TPSA) is 9.23 Å². The van der Waals surface area contributed by atoms with Crippen LogP contribution in [-0.4, -0.2) is 6.61 Å². The first-order chi connectivity index (χ1) is 9.91. The summed E-state index contributed by atoms with van der Waals surface area (Å²) in [5.41, 5.74) is 0. The minimum Gasteiger partial charge on any atom is -0.376 e. The van der Waals surface area contributed by atoms with Crippen molar-refractivity contribution in [3.63, 3.8) is 0 Å². The molecule has 0 amide bonds. The van der Waals surface area contributed by atoms with E-state index < -0.39 is 0 Å². The Morgan fingerprint density at radius 3 is 1.35 bits per heavy atom. The van der Waals surface area contributed by atoms with Crippen molar-refractivity contribution in [3.8, 4) is 0 Å². The molecule has 20 heavy (non-hydrogen) atoms. The molecule has 0 fully saturated rings.